The van der Waals surface area contributed by atoms with Crippen LogP contribution in [0.5, 0.6) is 0 Å². The minimum absolute atomic E-state index is 0.157. The van der Waals surface area contributed by atoms with Crippen molar-refractivity contribution in [3.05, 3.63) is 86.0 Å². The van der Waals surface area contributed by atoms with Crippen molar-refractivity contribution < 1.29 is 14.5 Å². The maximum absolute atomic E-state index is 13.1. The number of hydrogen-bond acceptors (Lipinski definition) is 7. The maximum Gasteiger partial charge on any atom is 0.294 e. The lowest BCUT2D eigenvalue weighted by Gasteiger charge is -2.31. The molecule has 11 nitrogen and oxygen atoms in total. The number of piperidine rings is 1. The first-order chi connectivity index (χ1) is 16.7. The number of hydrogen-bond donors (Lipinski definition) is 1. The highest BCUT2D eigenvalue weighted by atomic mass is 16.6. The molecule has 1 aliphatic heterocycles. The summed E-state index contributed by atoms with van der Waals surface area (Å²) in [5.41, 5.74) is 0.423. The van der Waals surface area contributed by atoms with E-state index in [1.807, 2.05) is 13.0 Å². The summed E-state index contributed by atoms with van der Waals surface area (Å²) in [6, 6.07) is 10.8. The number of pyridine rings is 1. The fraction of sp³-hybridized carbons (Fsp3) is 0.292. The Balaban J connectivity index is 1.50. The summed E-state index contributed by atoms with van der Waals surface area (Å²) in [7, 11) is 0. The van der Waals surface area contributed by atoms with Crippen LogP contribution in [0.15, 0.2) is 53.5 Å². The summed E-state index contributed by atoms with van der Waals surface area (Å²) in [4.78, 5) is 54.9. The number of benzene rings is 1. The van der Waals surface area contributed by atoms with Crippen molar-refractivity contribution in [2.24, 2.45) is 5.92 Å². The molecule has 0 aliphatic carbocycles. The Morgan fingerprint density at radius 2 is 1.83 bits per heavy atom. The standard InChI is InChI=1S/C24H24N6O5/c1-15-7-10-25-21(13-15)26-23(32)17-8-11-28(12-9-17)24(33)22-20(31)14-16(2)29(27-22)18-5-3-4-6-19(18)30(34)35/h3-7,10,13-14,17H,8-9,11-12H2,1-2H3,(H,25,26,32). The van der Waals surface area contributed by atoms with Gasteiger partial charge in [0.15, 0.2) is 5.69 Å². The number of likely N-dealkylation sites (tertiary alicyclic amines) is 1. The van der Waals surface area contributed by atoms with Gasteiger partial charge >= 0.3 is 0 Å². The summed E-state index contributed by atoms with van der Waals surface area (Å²) in [5, 5.41) is 18.5. The number of aryl methyl sites for hydroxylation is 2. The Labute approximate surface area is 200 Å². The lowest BCUT2D eigenvalue weighted by molar-refractivity contribution is -0.384. The number of nitro groups is 1. The van der Waals surface area contributed by atoms with Gasteiger partial charge in [-0.25, -0.2) is 9.67 Å². The third-order valence-corrected chi connectivity index (χ3v) is 5.94. The van der Waals surface area contributed by atoms with Crippen molar-refractivity contribution >= 4 is 23.3 Å². The van der Waals surface area contributed by atoms with Gasteiger partial charge in [0.2, 0.25) is 11.3 Å². The van der Waals surface area contributed by atoms with E-state index in [0.717, 1.165) is 5.56 Å². The minimum atomic E-state index is -0.568. The molecule has 11 heteroatoms. The van der Waals surface area contributed by atoms with Crippen molar-refractivity contribution in [3.8, 4) is 5.69 Å². The number of carbonyl (C=O) groups is 2. The van der Waals surface area contributed by atoms with Crippen molar-refractivity contribution in [3.63, 3.8) is 0 Å². The summed E-state index contributed by atoms with van der Waals surface area (Å²) in [5.74, 6) is -0.548. The van der Waals surface area contributed by atoms with Gasteiger partial charge in [0.05, 0.1) is 4.92 Å². The molecule has 0 radical (unpaired) electrons. The van der Waals surface area contributed by atoms with Crippen molar-refractivity contribution in [2.75, 3.05) is 18.4 Å². The summed E-state index contributed by atoms with van der Waals surface area (Å²) < 4.78 is 1.24. The van der Waals surface area contributed by atoms with Crippen LogP contribution in [0, 0.1) is 29.9 Å². The number of carbonyl (C=O) groups excluding carboxylic acids is 2. The number of nitro benzene ring substituents is 1. The van der Waals surface area contributed by atoms with E-state index < -0.39 is 16.3 Å². The average Bonchev–Trinajstić information content (AvgIpc) is 2.84. The van der Waals surface area contributed by atoms with Gasteiger partial charge in [0.25, 0.3) is 11.6 Å². The zero-order valence-corrected chi connectivity index (χ0v) is 19.3. The molecular formula is C24H24N6O5. The maximum atomic E-state index is 13.1. The molecule has 1 aromatic carbocycles. The van der Waals surface area contributed by atoms with E-state index in [-0.39, 0.29) is 42.0 Å². The molecule has 3 heterocycles. The molecule has 4 rings (SSSR count). The molecule has 35 heavy (non-hydrogen) atoms. The van der Waals surface area contributed by atoms with Crippen LogP contribution in [0.4, 0.5) is 11.5 Å². The minimum Gasteiger partial charge on any atom is -0.337 e. The lowest BCUT2D eigenvalue weighted by Crippen LogP contribution is -2.43. The first-order valence-electron chi connectivity index (χ1n) is 11.1. The monoisotopic (exact) mass is 476 g/mol. The highest BCUT2D eigenvalue weighted by molar-refractivity contribution is 5.93. The van der Waals surface area contributed by atoms with Gasteiger partial charge in [0.1, 0.15) is 11.5 Å². The van der Waals surface area contributed by atoms with Crippen LogP contribution in [0.1, 0.15) is 34.6 Å². The van der Waals surface area contributed by atoms with E-state index in [1.165, 1.54) is 33.8 Å². The van der Waals surface area contributed by atoms with Gasteiger partial charge in [0, 0.05) is 43.0 Å². The summed E-state index contributed by atoms with van der Waals surface area (Å²) in [6.07, 6.45) is 2.47. The van der Waals surface area contributed by atoms with Crippen LogP contribution >= 0.6 is 0 Å². The van der Waals surface area contributed by atoms with Crippen LogP contribution in [0.2, 0.25) is 0 Å². The van der Waals surface area contributed by atoms with Gasteiger partial charge < -0.3 is 10.2 Å². The Morgan fingerprint density at radius 1 is 1.11 bits per heavy atom. The van der Waals surface area contributed by atoms with Gasteiger partial charge in [-0.15, -0.1) is 0 Å². The zero-order valence-electron chi connectivity index (χ0n) is 19.3. The molecule has 0 atom stereocenters. The predicted molar refractivity (Wildman–Crippen MR) is 127 cm³/mol. The van der Waals surface area contributed by atoms with Crippen LogP contribution in [-0.4, -0.2) is 49.5 Å². The van der Waals surface area contributed by atoms with Crippen molar-refractivity contribution in [1.82, 2.24) is 19.7 Å². The summed E-state index contributed by atoms with van der Waals surface area (Å²) in [6.45, 7) is 4.05. The number of anilines is 1. The van der Waals surface area contributed by atoms with E-state index in [9.17, 15) is 24.5 Å². The molecule has 1 saturated heterocycles. The number of aromatic nitrogens is 3. The van der Waals surface area contributed by atoms with Crippen LogP contribution in [-0.2, 0) is 4.79 Å². The van der Waals surface area contributed by atoms with Crippen LogP contribution in [0.25, 0.3) is 5.69 Å². The number of nitrogens with zero attached hydrogens (tertiary/aromatic N) is 5. The zero-order chi connectivity index (χ0) is 25.1. The Morgan fingerprint density at radius 3 is 2.51 bits per heavy atom. The van der Waals surface area contributed by atoms with E-state index in [4.69, 9.17) is 0 Å². The molecular weight excluding hydrogens is 452 g/mol. The molecule has 2 aromatic heterocycles. The fourth-order valence-corrected chi connectivity index (χ4v) is 4.06. The fourth-order valence-electron chi connectivity index (χ4n) is 4.06. The van der Waals surface area contributed by atoms with E-state index in [0.29, 0.717) is 24.4 Å². The molecule has 2 amide bonds. The smallest absolute Gasteiger partial charge is 0.294 e. The first-order valence-corrected chi connectivity index (χ1v) is 11.1. The van der Waals surface area contributed by atoms with Gasteiger partial charge in [-0.3, -0.25) is 24.5 Å². The number of para-hydroxylation sites is 2. The number of nitrogens with one attached hydrogen (secondary N) is 1. The van der Waals surface area contributed by atoms with Gasteiger partial charge in [-0.2, -0.15) is 5.10 Å². The van der Waals surface area contributed by atoms with Crippen LogP contribution in [0.3, 0.4) is 0 Å². The highest BCUT2D eigenvalue weighted by Gasteiger charge is 2.30. The molecule has 0 unspecified atom stereocenters. The van der Waals surface area contributed by atoms with Crippen LogP contribution < -0.4 is 10.7 Å². The third kappa shape index (κ3) is 5.08. The van der Waals surface area contributed by atoms with Crippen molar-refractivity contribution in [2.45, 2.75) is 26.7 Å². The highest BCUT2D eigenvalue weighted by Crippen LogP contribution is 2.23. The summed E-state index contributed by atoms with van der Waals surface area (Å²) >= 11 is 0. The van der Waals surface area contributed by atoms with Gasteiger partial charge in [-0.1, -0.05) is 12.1 Å². The predicted octanol–water partition coefficient (Wildman–Crippen LogP) is 2.64. The topological polar surface area (TPSA) is 140 Å². The molecule has 180 valence electrons. The second-order valence-corrected chi connectivity index (χ2v) is 8.43. The SMILES string of the molecule is Cc1ccnc(NC(=O)C2CCN(C(=O)c3nn(-c4ccccc4[N+](=O)[O-])c(C)cc3=O)CC2)c1. The third-order valence-electron chi connectivity index (χ3n) is 5.94. The quantitative estimate of drug-likeness (QED) is 0.441. The Bertz CT molecular complexity index is 1360. The molecule has 1 fully saturated rings. The lowest BCUT2D eigenvalue weighted by atomic mass is 9.95. The normalized spacial score (nSPS) is 13.9. The largest absolute Gasteiger partial charge is 0.337 e. The van der Waals surface area contributed by atoms with E-state index >= 15 is 0 Å². The Kier molecular flexibility index (Phi) is 6.67. The second-order valence-electron chi connectivity index (χ2n) is 8.43. The number of rotatable bonds is 5. The van der Waals surface area contributed by atoms with E-state index in [2.05, 4.69) is 15.4 Å². The molecule has 1 N–H and O–H groups in total. The number of amides is 2. The van der Waals surface area contributed by atoms with Gasteiger partial charge in [-0.05, 0) is 50.5 Å². The molecule has 0 spiro atoms. The molecule has 3 aromatic rings. The molecule has 0 bridgehead atoms. The molecule has 0 saturated carbocycles. The van der Waals surface area contributed by atoms with Crippen molar-refractivity contribution in [1.29, 1.82) is 0 Å². The van der Waals surface area contributed by atoms with E-state index in [1.54, 1.807) is 25.3 Å². The molecule has 1 aliphatic rings. The average molecular weight is 476 g/mol. The first kappa shape index (κ1) is 23.7. The second kappa shape index (κ2) is 9.84. The Hall–Kier alpha value is -4.41.